The van der Waals surface area contributed by atoms with Crippen LogP contribution in [0, 0.1) is 0 Å². The largest absolute Gasteiger partial charge is 1.00 e. The van der Waals surface area contributed by atoms with Crippen LogP contribution in [-0.2, 0) is 21.3 Å². The summed E-state index contributed by atoms with van der Waals surface area (Å²) in [5.74, 6) is 0. The van der Waals surface area contributed by atoms with E-state index in [0.29, 0.717) is 0 Å². The normalized spacial score (nSPS) is 17.0. The molecule has 2 aliphatic rings. The third-order valence-corrected chi connectivity index (χ3v) is 11.0. The maximum Gasteiger partial charge on any atom is -1.00 e. The molecule has 0 fully saturated rings. The fourth-order valence-electron chi connectivity index (χ4n) is 2.76. The molecule has 0 nitrogen and oxygen atoms in total. The van der Waals surface area contributed by atoms with Crippen molar-refractivity contribution in [2.75, 3.05) is 0 Å². The Kier molecular flexibility index (Phi) is 9.41. The van der Waals surface area contributed by atoms with Gasteiger partial charge in [0.2, 0.25) is 0 Å². The molecular weight excluding hydrogens is 354 g/mol. The molecule has 0 saturated heterocycles. The van der Waals surface area contributed by atoms with E-state index in [-0.39, 0.29) is 24.8 Å². The first-order valence-corrected chi connectivity index (χ1v) is 11.0. The van der Waals surface area contributed by atoms with Gasteiger partial charge in [-0.1, -0.05) is 0 Å². The van der Waals surface area contributed by atoms with E-state index in [2.05, 4.69) is 48.8 Å². The van der Waals surface area contributed by atoms with Crippen LogP contribution in [0.1, 0.15) is 40.0 Å². The van der Waals surface area contributed by atoms with Crippen molar-refractivity contribution in [3.8, 4) is 0 Å². The van der Waals surface area contributed by atoms with Gasteiger partial charge >= 0.3 is 113 Å². The van der Waals surface area contributed by atoms with Gasteiger partial charge in [0.05, 0.1) is 0 Å². The fraction of sp³-hybridized carbons (Fsp3) is 0.438. The van der Waals surface area contributed by atoms with Gasteiger partial charge in [0.1, 0.15) is 0 Å². The smallest absolute Gasteiger partial charge is 1.00 e. The Morgan fingerprint density at radius 2 is 1.95 bits per heavy atom. The molecule has 0 aromatic heterocycles. The molecule has 104 valence electrons. The molecule has 0 saturated carbocycles. The number of hydrogen-bond acceptors (Lipinski definition) is 0. The van der Waals surface area contributed by atoms with E-state index in [1.54, 1.807) is 20.0 Å². The number of allylic oxidation sites excluding steroid dienone is 8. The molecule has 2 aliphatic carbocycles. The minimum atomic E-state index is -1.43. The molecule has 0 heterocycles. The van der Waals surface area contributed by atoms with Crippen molar-refractivity contribution in [2.45, 2.75) is 44.2 Å². The summed E-state index contributed by atoms with van der Waals surface area (Å²) >= 11 is -1.43. The Labute approximate surface area is 137 Å². The van der Waals surface area contributed by atoms with Crippen molar-refractivity contribution in [1.82, 2.24) is 0 Å². The summed E-state index contributed by atoms with van der Waals surface area (Å²) in [6.07, 6.45) is 13.0. The van der Waals surface area contributed by atoms with Crippen LogP contribution in [0.4, 0.5) is 0 Å². The fourth-order valence-corrected chi connectivity index (χ4v) is 9.34. The quantitative estimate of drug-likeness (QED) is 0.576. The monoisotopic (exact) mass is 374 g/mol. The Bertz CT molecular complexity index is 465. The van der Waals surface area contributed by atoms with Gasteiger partial charge < -0.3 is 24.8 Å². The SMILES string of the molecule is C[CH]=[Zr+2]([CH2]CC1=CC=CC1)[C]1=C(C)CC=C1C.[Cl-].[Cl-]. The second-order valence-corrected chi connectivity index (χ2v) is 11.5. The van der Waals surface area contributed by atoms with E-state index >= 15 is 0 Å². The molecule has 0 amide bonds. The Morgan fingerprint density at radius 3 is 2.42 bits per heavy atom. The third-order valence-electron chi connectivity index (χ3n) is 3.77. The molecule has 0 N–H and O–H groups in total. The van der Waals surface area contributed by atoms with Crippen LogP contribution in [-0.4, -0.2) is 3.71 Å². The van der Waals surface area contributed by atoms with Gasteiger partial charge in [-0.15, -0.1) is 0 Å². The molecule has 0 atom stereocenters. The van der Waals surface area contributed by atoms with Crippen molar-refractivity contribution >= 4 is 3.71 Å². The van der Waals surface area contributed by atoms with Gasteiger partial charge in [0.25, 0.3) is 0 Å². The summed E-state index contributed by atoms with van der Waals surface area (Å²) in [6.45, 7) is 6.94. The average Bonchev–Trinajstić information content (AvgIpc) is 2.93. The van der Waals surface area contributed by atoms with Crippen molar-refractivity contribution in [3.63, 3.8) is 0 Å². The van der Waals surface area contributed by atoms with Crippen molar-refractivity contribution in [3.05, 3.63) is 44.3 Å². The van der Waals surface area contributed by atoms with E-state index in [1.807, 2.05) is 0 Å². The number of rotatable bonds is 4. The second-order valence-electron chi connectivity index (χ2n) is 5.02. The Hall–Kier alpha value is 0.293. The summed E-state index contributed by atoms with van der Waals surface area (Å²) in [5, 5.41) is 0. The zero-order valence-electron chi connectivity index (χ0n) is 12.0. The van der Waals surface area contributed by atoms with E-state index < -0.39 is 21.3 Å². The number of halogens is 2. The van der Waals surface area contributed by atoms with Crippen LogP contribution >= 0.6 is 0 Å². The van der Waals surface area contributed by atoms with E-state index in [4.69, 9.17) is 0 Å². The number of hydrogen-bond donors (Lipinski definition) is 0. The molecule has 2 rings (SSSR count). The third kappa shape index (κ3) is 4.96. The van der Waals surface area contributed by atoms with Gasteiger partial charge in [-0.2, -0.15) is 0 Å². The predicted octanol–water partition coefficient (Wildman–Crippen LogP) is -1.25. The molecule has 0 bridgehead atoms. The minimum absolute atomic E-state index is 0. The van der Waals surface area contributed by atoms with Gasteiger partial charge in [0.15, 0.2) is 0 Å². The summed E-state index contributed by atoms with van der Waals surface area (Å²) in [4.78, 5) is 0. The summed E-state index contributed by atoms with van der Waals surface area (Å²) in [5.41, 5.74) is 4.89. The van der Waals surface area contributed by atoms with Gasteiger partial charge in [-0.3, -0.25) is 0 Å². The van der Waals surface area contributed by atoms with Gasteiger partial charge in [0, 0.05) is 0 Å². The summed E-state index contributed by atoms with van der Waals surface area (Å²) in [6, 6.07) is 0. The predicted molar refractivity (Wildman–Crippen MR) is 74.1 cm³/mol. The Balaban J connectivity index is 0.00000162. The van der Waals surface area contributed by atoms with Crippen LogP contribution in [0.2, 0.25) is 4.13 Å². The molecule has 19 heavy (non-hydrogen) atoms. The first-order valence-electron chi connectivity index (χ1n) is 6.59. The molecule has 3 heteroatoms. The first kappa shape index (κ1) is 19.3. The van der Waals surface area contributed by atoms with Crippen LogP contribution in [0.5, 0.6) is 0 Å². The maximum absolute atomic E-state index is 2.58. The second kappa shape index (κ2) is 9.27. The van der Waals surface area contributed by atoms with Crippen molar-refractivity contribution in [2.24, 2.45) is 0 Å². The minimum Gasteiger partial charge on any atom is -1.00 e. The summed E-state index contributed by atoms with van der Waals surface area (Å²) in [7, 11) is 0. The zero-order chi connectivity index (χ0) is 12.3. The molecule has 0 unspecified atom stereocenters. The van der Waals surface area contributed by atoms with Gasteiger partial charge in [-0.05, 0) is 0 Å². The molecule has 0 spiro atoms. The average molecular weight is 376 g/mol. The standard InChI is InChI=1S/2C7H9.C2H4.2ClH.Zr/c1-6-3-4-7(2)5-6;1-2-7-5-3-4-6-7;1-2;;;/h3H,4H2,1-2H3;3-5H,1-2,6H2;1H,2H3;2*1H;/q;;;;;+2/p-2. The molecule has 0 aromatic rings. The van der Waals surface area contributed by atoms with Gasteiger partial charge in [-0.25, -0.2) is 0 Å². The molecular formula is C16H22Cl2Zr. The topological polar surface area (TPSA) is 0 Å². The van der Waals surface area contributed by atoms with E-state index in [9.17, 15) is 0 Å². The Morgan fingerprint density at radius 1 is 1.21 bits per heavy atom. The van der Waals surface area contributed by atoms with Crippen LogP contribution in [0.25, 0.3) is 0 Å². The first-order chi connectivity index (χ1) is 8.22. The maximum atomic E-state index is 2.58. The summed E-state index contributed by atoms with van der Waals surface area (Å²) < 4.78 is 5.85. The van der Waals surface area contributed by atoms with Crippen LogP contribution in [0.3, 0.4) is 0 Å². The molecule has 0 radical (unpaired) electrons. The molecule has 0 aliphatic heterocycles. The van der Waals surface area contributed by atoms with E-state index in [0.717, 1.165) is 0 Å². The van der Waals surface area contributed by atoms with Crippen LogP contribution < -0.4 is 24.8 Å². The van der Waals surface area contributed by atoms with Crippen LogP contribution in [0.15, 0.2) is 44.3 Å². The zero-order valence-corrected chi connectivity index (χ0v) is 15.9. The van der Waals surface area contributed by atoms with Crippen molar-refractivity contribution in [1.29, 1.82) is 0 Å². The molecule has 0 aromatic carbocycles. The van der Waals surface area contributed by atoms with E-state index in [1.165, 1.54) is 23.4 Å². The van der Waals surface area contributed by atoms with Crippen molar-refractivity contribution < 1.29 is 46.1 Å².